The molecule has 0 amide bonds. The van der Waals surface area contributed by atoms with E-state index in [1.54, 1.807) is 0 Å². The molecule has 7 nitrogen and oxygen atoms in total. The number of hydrogen-bond donors (Lipinski definition) is 3. The molecule has 0 fully saturated rings. The lowest BCUT2D eigenvalue weighted by Gasteiger charge is -2.23. The first kappa shape index (κ1) is 24.0. The molecule has 0 aromatic heterocycles. The summed E-state index contributed by atoms with van der Waals surface area (Å²) in [6.45, 7) is 8.21. The molecule has 1 aliphatic rings. The largest absolute Gasteiger partial charge is 0.493 e. The van der Waals surface area contributed by atoms with E-state index in [1.807, 2.05) is 26.8 Å². The zero-order valence-corrected chi connectivity index (χ0v) is 19.6. The minimum absolute atomic E-state index is 0. The molecule has 0 bridgehead atoms. The third kappa shape index (κ3) is 8.65. The third-order valence-electron chi connectivity index (χ3n) is 3.90. The van der Waals surface area contributed by atoms with Gasteiger partial charge in [-0.2, -0.15) is 0 Å². The summed E-state index contributed by atoms with van der Waals surface area (Å²) < 4.78 is 31.0. The van der Waals surface area contributed by atoms with E-state index < -0.39 is 15.6 Å². The number of nitrogens with one attached hydrogen (secondary N) is 3. The highest BCUT2D eigenvalue weighted by Crippen LogP contribution is 2.25. The molecule has 0 saturated heterocycles. The van der Waals surface area contributed by atoms with Crippen LogP contribution in [0.25, 0.3) is 0 Å². The Morgan fingerprint density at radius 2 is 2.04 bits per heavy atom. The normalized spacial score (nSPS) is 14.1. The van der Waals surface area contributed by atoms with Gasteiger partial charge in [-0.1, -0.05) is 12.1 Å². The van der Waals surface area contributed by atoms with E-state index in [2.05, 4.69) is 32.5 Å². The summed E-state index contributed by atoms with van der Waals surface area (Å²) in [5, 5.41) is 6.49. The fourth-order valence-corrected chi connectivity index (χ4v) is 3.94. The van der Waals surface area contributed by atoms with E-state index in [1.165, 1.54) is 11.1 Å². The summed E-state index contributed by atoms with van der Waals surface area (Å²) in [6, 6.07) is 6.33. The fraction of sp³-hybridized carbons (Fsp3) is 0.611. The Morgan fingerprint density at radius 3 is 2.70 bits per heavy atom. The molecular weight excluding hydrogens is 479 g/mol. The second-order valence-electron chi connectivity index (χ2n) is 7.17. The number of aliphatic imine (C=N–C) groups is 1. The van der Waals surface area contributed by atoms with Crippen LogP contribution in [0.3, 0.4) is 0 Å². The lowest BCUT2D eigenvalue weighted by Crippen LogP contribution is -2.47. The zero-order chi connectivity index (χ0) is 19.2. The van der Waals surface area contributed by atoms with Crippen molar-refractivity contribution in [2.75, 3.05) is 32.5 Å². The lowest BCUT2D eigenvalue weighted by atomic mass is 10.1. The average molecular weight is 510 g/mol. The fourth-order valence-electron chi connectivity index (χ4n) is 2.87. The molecular formula is C18H31IN4O3S. The quantitative estimate of drug-likeness (QED) is 0.281. The molecule has 0 spiro atoms. The van der Waals surface area contributed by atoms with Crippen LogP contribution in [0.15, 0.2) is 23.2 Å². The average Bonchev–Trinajstić information content (AvgIpc) is 2.98. The van der Waals surface area contributed by atoms with E-state index in [0.29, 0.717) is 12.5 Å². The summed E-state index contributed by atoms with van der Waals surface area (Å²) in [7, 11) is -3.27. The van der Waals surface area contributed by atoms with Crippen LogP contribution in [0.5, 0.6) is 5.75 Å². The first-order valence-electron chi connectivity index (χ1n) is 8.94. The first-order chi connectivity index (χ1) is 12.2. The van der Waals surface area contributed by atoms with Gasteiger partial charge in [0, 0.05) is 25.0 Å². The standard InChI is InChI=1S/C18H30N4O3S.HI/c1-5-19-17(21-13-18(2,3)22-26(4,23)24)20-10-8-14-6-7-16-15(12-14)9-11-25-16;/h6-7,12,22H,5,8-11,13H2,1-4H3,(H2,19,20,21);1H. The molecule has 1 aromatic rings. The molecule has 0 atom stereocenters. The number of sulfonamides is 1. The Morgan fingerprint density at radius 1 is 1.30 bits per heavy atom. The van der Waals surface area contributed by atoms with Gasteiger partial charge in [0.05, 0.1) is 19.4 Å². The number of halogens is 1. The van der Waals surface area contributed by atoms with Gasteiger partial charge in [-0.15, -0.1) is 24.0 Å². The Labute approximate surface area is 179 Å². The minimum atomic E-state index is -3.27. The van der Waals surface area contributed by atoms with Gasteiger partial charge in [0.2, 0.25) is 10.0 Å². The van der Waals surface area contributed by atoms with Crippen LogP contribution in [-0.2, 0) is 22.9 Å². The number of benzene rings is 1. The van der Waals surface area contributed by atoms with Crippen molar-refractivity contribution in [3.63, 3.8) is 0 Å². The van der Waals surface area contributed by atoms with Crippen LogP contribution >= 0.6 is 24.0 Å². The van der Waals surface area contributed by atoms with E-state index in [0.717, 1.165) is 44.5 Å². The van der Waals surface area contributed by atoms with Crippen LogP contribution in [0.2, 0.25) is 0 Å². The summed E-state index contributed by atoms with van der Waals surface area (Å²) >= 11 is 0. The molecule has 0 aliphatic carbocycles. The van der Waals surface area contributed by atoms with Gasteiger partial charge >= 0.3 is 0 Å². The van der Waals surface area contributed by atoms with Crippen molar-refractivity contribution in [2.24, 2.45) is 4.99 Å². The first-order valence-corrected chi connectivity index (χ1v) is 10.8. The molecule has 0 radical (unpaired) electrons. The maximum absolute atomic E-state index is 11.4. The molecule has 1 aliphatic heterocycles. The number of nitrogens with zero attached hydrogens (tertiary/aromatic N) is 1. The SMILES string of the molecule is CCNC(=NCC(C)(C)NS(C)(=O)=O)NCCc1ccc2c(c1)CCO2.I. The third-order valence-corrected chi connectivity index (χ3v) is 4.82. The zero-order valence-electron chi connectivity index (χ0n) is 16.5. The number of ether oxygens (including phenoxy) is 1. The second kappa shape index (κ2) is 10.5. The highest BCUT2D eigenvalue weighted by molar-refractivity contribution is 14.0. The van der Waals surface area contributed by atoms with Gasteiger partial charge in [0.1, 0.15) is 5.75 Å². The number of fused-ring (bicyclic) bond motifs is 1. The molecule has 9 heteroatoms. The predicted molar refractivity (Wildman–Crippen MR) is 121 cm³/mol. The molecule has 1 aromatic carbocycles. The summed E-state index contributed by atoms with van der Waals surface area (Å²) in [5.41, 5.74) is 1.89. The Hall–Kier alpha value is -1.07. The van der Waals surface area contributed by atoms with Crippen LogP contribution in [0.4, 0.5) is 0 Å². The number of guanidine groups is 1. The van der Waals surface area contributed by atoms with Crippen molar-refractivity contribution >= 4 is 40.0 Å². The molecule has 0 saturated carbocycles. The van der Waals surface area contributed by atoms with Gasteiger partial charge in [0.15, 0.2) is 5.96 Å². The van der Waals surface area contributed by atoms with Gasteiger partial charge < -0.3 is 15.4 Å². The topological polar surface area (TPSA) is 91.8 Å². The predicted octanol–water partition coefficient (Wildman–Crippen LogP) is 1.66. The van der Waals surface area contributed by atoms with Crippen LogP contribution in [0, 0.1) is 0 Å². The maximum atomic E-state index is 11.4. The van der Waals surface area contributed by atoms with Crippen molar-refractivity contribution in [1.82, 2.24) is 15.4 Å². The number of rotatable bonds is 8. The van der Waals surface area contributed by atoms with E-state index in [4.69, 9.17) is 4.74 Å². The summed E-state index contributed by atoms with van der Waals surface area (Å²) in [6.07, 6.45) is 3.01. The Balaban J connectivity index is 0.00000364. The molecule has 27 heavy (non-hydrogen) atoms. The van der Waals surface area contributed by atoms with Crippen LogP contribution < -0.4 is 20.1 Å². The Bertz CT molecular complexity index is 751. The van der Waals surface area contributed by atoms with E-state index >= 15 is 0 Å². The molecule has 2 rings (SSSR count). The highest BCUT2D eigenvalue weighted by Gasteiger charge is 2.21. The van der Waals surface area contributed by atoms with E-state index in [-0.39, 0.29) is 24.0 Å². The molecule has 3 N–H and O–H groups in total. The van der Waals surface area contributed by atoms with Gasteiger partial charge in [-0.25, -0.2) is 13.1 Å². The Kier molecular flexibility index (Phi) is 9.29. The van der Waals surface area contributed by atoms with E-state index in [9.17, 15) is 8.42 Å². The molecule has 0 unspecified atom stereocenters. The van der Waals surface area contributed by atoms with Gasteiger partial charge in [-0.05, 0) is 44.4 Å². The highest BCUT2D eigenvalue weighted by atomic mass is 127. The second-order valence-corrected chi connectivity index (χ2v) is 8.92. The summed E-state index contributed by atoms with van der Waals surface area (Å²) in [4.78, 5) is 4.51. The van der Waals surface area contributed by atoms with Crippen molar-refractivity contribution < 1.29 is 13.2 Å². The van der Waals surface area contributed by atoms with Crippen LogP contribution in [0.1, 0.15) is 31.9 Å². The molecule has 154 valence electrons. The van der Waals surface area contributed by atoms with Crippen LogP contribution in [-0.4, -0.2) is 52.4 Å². The smallest absolute Gasteiger partial charge is 0.209 e. The minimum Gasteiger partial charge on any atom is -0.493 e. The monoisotopic (exact) mass is 510 g/mol. The van der Waals surface area contributed by atoms with Gasteiger partial charge in [0.25, 0.3) is 0 Å². The van der Waals surface area contributed by atoms with Crippen molar-refractivity contribution in [3.8, 4) is 5.75 Å². The van der Waals surface area contributed by atoms with Crippen molar-refractivity contribution in [3.05, 3.63) is 29.3 Å². The maximum Gasteiger partial charge on any atom is 0.209 e. The molecule has 1 heterocycles. The number of hydrogen-bond acceptors (Lipinski definition) is 4. The van der Waals surface area contributed by atoms with Crippen molar-refractivity contribution in [1.29, 1.82) is 0 Å². The lowest BCUT2D eigenvalue weighted by molar-refractivity contribution is 0.357. The summed E-state index contributed by atoms with van der Waals surface area (Å²) in [5.74, 6) is 1.68. The van der Waals surface area contributed by atoms with Gasteiger partial charge in [-0.3, -0.25) is 4.99 Å². The van der Waals surface area contributed by atoms with Crippen molar-refractivity contribution in [2.45, 2.75) is 39.2 Å².